The molecule has 0 atom stereocenters. The Kier molecular flexibility index (Phi) is 5.74. The Labute approximate surface area is 168 Å². The van der Waals surface area contributed by atoms with Gasteiger partial charge in [0.25, 0.3) is 11.6 Å². The molecular formula is C21H18N2O5S. The fourth-order valence-corrected chi connectivity index (χ4v) is 3.75. The van der Waals surface area contributed by atoms with Crippen molar-refractivity contribution in [1.29, 1.82) is 0 Å². The van der Waals surface area contributed by atoms with Crippen molar-refractivity contribution in [2.24, 2.45) is 0 Å². The van der Waals surface area contributed by atoms with E-state index in [0.29, 0.717) is 5.69 Å². The summed E-state index contributed by atoms with van der Waals surface area (Å²) < 4.78 is 23.7. The molecule has 8 heteroatoms. The largest absolute Gasteiger partial charge is 0.304 e. The Hall–Kier alpha value is -3.52. The van der Waals surface area contributed by atoms with Crippen molar-refractivity contribution in [2.75, 3.05) is 11.2 Å². The quantitative estimate of drug-likeness (QED) is 0.454. The van der Waals surface area contributed by atoms with E-state index < -0.39 is 31.3 Å². The fraction of sp³-hybridized carbons (Fsp3) is 0.0952. The van der Waals surface area contributed by atoms with E-state index in [0.717, 1.165) is 24.0 Å². The third-order valence-corrected chi connectivity index (χ3v) is 5.44. The average Bonchev–Trinajstić information content (AvgIpc) is 2.72. The molecular weight excluding hydrogens is 392 g/mol. The first-order chi connectivity index (χ1) is 13.8. The molecule has 7 nitrogen and oxygen atoms in total. The van der Waals surface area contributed by atoms with Crippen LogP contribution >= 0.6 is 0 Å². The Morgan fingerprint density at radius 2 is 1.55 bits per heavy atom. The summed E-state index contributed by atoms with van der Waals surface area (Å²) in [6.07, 6.45) is 0.891. The number of sulfone groups is 1. The second-order valence-electron chi connectivity index (χ2n) is 6.42. The van der Waals surface area contributed by atoms with Gasteiger partial charge in [-0.3, -0.25) is 14.9 Å². The Morgan fingerprint density at radius 3 is 2.10 bits per heavy atom. The summed E-state index contributed by atoms with van der Waals surface area (Å²) in [5.41, 5.74) is 0.915. The van der Waals surface area contributed by atoms with Crippen LogP contribution < -0.4 is 4.90 Å². The number of hydrogen-bond acceptors (Lipinski definition) is 5. The molecule has 3 aromatic rings. The number of carbonyl (C=O) groups excluding carboxylic acids is 1. The van der Waals surface area contributed by atoms with E-state index in [2.05, 4.69) is 0 Å². The number of anilines is 1. The molecule has 0 N–H and O–H groups in total. The summed E-state index contributed by atoms with van der Waals surface area (Å²) in [4.78, 5) is 24.9. The van der Waals surface area contributed by atoms with Gasteiger partial charge < -0.3 is 4.90 Å². The van der Waals surface area contributed by atoms with E-state index in [1.807, 2.05) is 36.4 Å². The smallest absolute Gasteiger partial charge is 0.288 e. The maximum atomic E-state index is 13.2. The third-order valence-electron chi connectivity index (χ3n) is 4.30. The second-order valence-corrected chi connectivity index (χ2v) is 8.41. The van der Waals surface area contributed by atoms with Crippen molar-refractivity contribution < 1.29 is 18.1 Å². The van der Waals surface area contributed by atoms with Gasteiger partial charge in [-0.25, -0.2) is 8.42 Å². The number of benzene rings is 3. The van der Waals surface area contributed by atoms with Crippen LogP contribution in [0.5, 0.6) is 0 Å². The number of rotatable bonds is 6. The topological polar surface area (TPSA) is 97.6 Å². The molecule has 0 radical (unpaired) electrons. The maximum Gasteiger partial charge on any atom is 0.288 e. The number of nitro groups is 1. The highest BCUT2D eigenvalue weighted by Gasteiger charge is 2.26. The molecule has 0 spiro atoms. The standard InChI is InChI=1S/C21H18N2O5S/c1-29(27,28)20-13-12-17(14-19(20)23(25)26)21(24)22(18-10-6-3-7-11-18)15-16-8-4-2-5-9-16/h2-14H,15H2,1H3. The van der Waals surface area contributed by atoms with Crippen molar-refractivity contribution >= 4 is 27.1 Å². The minimum Gasteiger partial charge on any atom is -0.304 e. The van der Waals surface area contributed by atoms with Crippen molar-refractivity contribution in [1.82, 2.24) is 0 Å². The highest BCUT2D eigenvalue weighted by atomic mass is 32.2. The molecule has 0 unspecified atom stereocenters. The zero-order valence-electron chi connectivity index (χ0n) is 15.6. The minimum atomic E-state index is -3.81. The van der Waals surface area contributed by atoms with Crippen LogP contribution in [-0.2, 0) is 16.4 Å². The number of hydrogen-bond donors (Lipinski definition) is 0. The number of amides is 1. The van der Waals surface area contributed by atoms with Crippen LogP contribution in [-0.4, -0.2) is 25.5 Å². The molecule has 0 heterocycles. The van der Waals surface area contributed by atoms with Crippen LogP contribution in [0.3, 0.4) is 0 Å². The normalized spacial score (nSPS) is 11.1. The van der Waals surface area contributed by atoms with Gasteiger partial charge in [-0.1, -0.05) is 48.5 Å². The fourth-order valence-electron chi connectivity index (χ4n) is 2.92. The van der Waals surface area contributed by atoms with E-state index in [1.165, 1.54) is 11.0 Å². The van der Waals surface area contributed by atoms with Gasteiger partial charge in [-0.2, -0.15) is 0 Å². The van der Waals surface area contributed by atoms with Crippen molar-refractivity contribution in [3.05, 3.63) is 100 Å². The van der Waals surface area contributed by atoms with Gasteiger partial charge in [0.2, 0.25) is 0 Å². The summed E-state index contributed by atoms with van der Waals surface area (Å²) in [5.74, 6) is -0.469. The lowest BCUT2D eigenvalue weighted by molar-refractivity contribution is -0.387. The molecule has 3 rings (SSSR count). The van der Waals surface area contributed by atoms with E-state index in [1.54, 1.807) is 24.3 Å². The lowest BCUT2D eigenvalue weighted by atomic mass is 10.1. The first-order valence-corrected chi connectivity index (χ1v) is 10.6. The molecule has 29 heavy (non-hydrogen) atoms. The van der Waals surface area contributed by atoms with Crippen LogP contribution in [0.2, 0.25) is 0 Å². The monoisotopic (exact) mass is 410 g/mol. The number of nitrogens with zero attached hydrogens (tertiary/aromatic N) is 2. The highest BCUT2D eigenvalue weighted by molar-refractivity contribution is 7.90. The van der Waals surface area contributed by atoms with Crippen LogP contribution in [0.15, 0.2) is 83.8 Å². The molecule has 0 saturated carbocycles. The van der Waals surface area contributed by atoms with Crippen molar-refractivity contribution in [3.63, 3.8) is 0 Å². The van der Waals surface area contributed by atoms with Crippen molar-refractivity contribution in [2.45, 2.75) is 11.4 Å². The third kappa shape index (κ3) is 4.67. The number of para-hydroxylation sites is 1. The Bertz CT molecular complexity index is 1150. The first-order valence-electron chi connectivity index (χ1n) is 8.66. The number of nitro benzene ring substituents is 1. The molecule has 0 aliphatic heterocycles. The van der Waals surface area contributed by atoms with E-state index in [4.69, 9.17) is 0 Å². The minimum absolute atomic E-state index is 0.0314. The Morgan fingerprint density at radius 1 is 0.966 bits per heavy atom. The summed E-state index contributed by atoms with van der Waals surface area (Å²) >= 11 is 0. The zero-order valence-corrected chi connectivity index (χ0v) is 16.4. The van der Waals surface area contributed by atoms with Crippen molar-refractivity contribution in [3.8, 4) is 0 Å². The molecule has 0 aromatic heterocycles. The molecule has 0 aliphatic carbocycles. The van der Waals surface area contributed by atoms with E-state index in [-0.39, 0.29) is 12.1 Å². The highest BCUT2D eigenvalue weighted by Crippen LogP contribution is 2.27. The average molecular weight is 410 g/mol. The van der Waals surface area contributed by atoms with Crippen LogP contribution in [0.1, 0.15) is 15.9 Å². The van der Waals surface area contributed by atoms with Crippen LogP contribution in [0, 0.1) is 10.1 Å². The van der Waals surface area contributed by atoms with Gasteiger partial charge in [0, 0.05) is 23.6 Å². The van der Waals surface area contributed by atoms with Crippen LogP contribution in [0.25, 0.3) is 0 Å². The second kappa shape index (κ2) is 8.24. The van der Waals surface area contributed by atoms with Gasteiger partial charge in [-0.15, -0.1) is 0 Å². The van der Waals surface area contributed by atoms with E-state index >= 15 is 0 Å². The number of carbonyl (C=O) groups is 1. The molecule has 0 bridgehead atoms. The molecule has 3 aromatic carbocycles. The van der Waals surface area contributed by atoms with Gasteiger partial charge in [0.05, 0.1) is 11.5 Å². The predicted octanol–water partition coefficient (Wildman–Crippen LogP) is 3.85. The van der Waals surface area contributed by atoms with Gasteiger partial charge >= 0.3 is 0 Å². The van der Waals surface area contributed by atoms with Crippen LogP contribution in [0.4, 0.5) is 11.4 Å². The maximum absolute atomic E-state index is 13.2. The lowest BCUT2D eigenvalue weighted by Crippen LogP contribution is -2.30. The summed E-state index contributed by atoms with van der Waals surface area (Å²) in [5, 5.41) is 11.4. The molecule has 0 saturated heterocycles. The molecule has 0 aliphatic rings. The zero-order chi connectivity index (χ0) is 21.0. The molecule has 0 fully saturated rings. The summed E-state index contributed by atoms with van der Waals surface area (Å²) in [7, 11) is -3.81. The van der Waals surface area contributed by atoms with Gasteiger partial charge in [-0.05, 0) is 29.8 Å². The first kappa shape index (κ1) is 20.2. The molecule has 1 amide bonds. The summed E-state index contributed by atoms with van der Waals surface area (Å²) in [6, 6.07) is 21.7. The SMILES string of the molecule is CS(=O)(=O)c1ccc(C(=O)N(Cc2ccccc2)c2ccccc2)cc1[N+](=O)[O-]. The predicted molar refractivity (Wildman–Crippen MR) is 110 cm³/mol. The van der Waals surface area contributed by atoms with E-state index in [9.17, 15) is 23.3 Å². The molecule has 148 valence electrons. The van der Waals surface area contributed by atoms with Gasteiger partial charge in [0.15, 0.2) is 9.84 Å². The van der Waals surface area contributed by atoms with Gasteiger partial charge in [0.1, 0.15) is 4.90 Å². The Balaban J connectivity index is 2.06. The lowest BCUT2D eigenvalue weighted by Gasteiger charge is -2.23. The summed E-state index contributed by atoms with van der Waals surface area (Å²) in [6.45, 7) is 0.255.